The average molecular weight is 602 g/mol. The Kier molecular flexibility index (Phi) is 7.86. The van der Waals surface area contributed by atoms with Gasteiger partial charge in [0.1, 0.15) is 17.9 Å². The van der Waals surface area contributed by atoms with Gasteiger partial charge in [0.2, 0.25) is 0 Å². The molecule has 0 aliphatic carbocycles. The van der Waals surface area contributed by atoms with Crippen LogP contribution in [0.2, 0.25) is 0 Å². The fourth-order valence-electron chi connectivity index (χ4n) is 4.21. The minimum atomic E-state index is -0.686. The second-order valence-electron chi connectivity index (χ2n) is 9.40. The van der Waals surface area contributed by atoms with E-state index in [2.05, 4.69) is 51.0 Å². The van der Waals surface area contributed by atoms with Crippen molar-refractivity contribution in [1.82, 2.24) is 49.3 Å². The number of nitrogen functional groups attached to an aromatic ring is 1. The van der Waals surface area contributed by atoms with Gasteiger partial charge in [-0.2, -0.15) is 25.1 Å². The zero-order valence-electron chi connectivity index (χ0n) is 24.5. The zero-order valence-corrected chi connectivity index (χ0v) is 24.5. The van der Waals surface area contributed by atoms with Crippen LogP contribution < -0.4 is 5.73 Å². The van der Waals surface area contributed by atoms with E-state index in [1.165, 1.54) is 33.5 Å². The first kappa shape index (κ1) is 29.5. The lowest BCUT2D eigenvalue weighted by Crippen LogP contribution is -2.08. The van der Waals surface area contributed by atoms with E-state index in [0.29, 0.717) is 34.4 Å². The molecule has 19 nitrogen and oxygen atoms in total. The number of ketones is 1. The molecule has 5 aromatic rings. The van der Waals surface area contributed by atoms with Crippen molar-refractivity contribution in [3.63, 3.8) is 0 Å². The molecule has 226 valence electrons. The first-order chi connectivity index (χ1) is 21.0. The van der Waals surface area contributed by atoms with E-state index in [9.17, 15) is 14.7 Å². The van der Waals surface area contributed by atoms with Crippen molar-refractivity contribution < 1.29 is 19.4 Å². The maximum absolute atomic E-state index is 12.0. The Balaban J connectivity index is 1.41. The van der Waals surface area contributed by atoms with Gasteiger partial charge in [0.05, 0.1) is 42.1 Å². The Morgan fingerprint density at radius 3 is 1.95 bits per heavy atom. The quantitative estimate of drug-likeness (QED) is 0.141. The number of nitrogens with zero attached hydrogens (tertiary/aromatic N) is 14. The van der Waals surface area contributed by atoms with Crippen molar-refractivity contribution in [2.45, 2.75) is 20.8 Å². The topological polar surface area (TPSA) is 236 Å². The van der Waals surface area contributed by atoms with Crippen LogP contribution in [0, 0.1) is 20.8 Å². The fraction of sp³-hybridized carbons (Fsp3) is 0.280. The van der Waals surface area contributed by atoms with Crippen LogP contribution in [0.3, 0.4) is 0 Å². The number of aromatic nitrogens is 10. The first-order valence-electron chi connectivity index (χ1n) is 12.9. The molecule has 0 atom stereocenters. The largest absolute Gasteiger partial charge is 0.465 e. The zero-order chi connectivity index (χ0) is 31.7. The summed E-state index contributed by atoms with van der Waals surface area (Å²) in [6.45, 7) is 4.57. The third-order valence-electron chi connectivity index (χ3n) is 6.54. The van der Waals surface area contributed by atoms with E-state index >= 15 is 0 Å². The minimum Gasteiger partial charge on any atom is -0.465 e. The van der Waals surface area contributed by atoms with Gasteiger partial charge < -0.3 is 15.6 Å². The number of azo groups is 2. The van der Waals surface area contributed by atoms with Gasteiger partial charge in [-0.05, 0) is 32.9 Å². The molecular formula is C25H27N15O4. The number of hydrogen-bond acceptors (Lipinski definition) is 15. The molecule has 0 aliphatic heterocycles. The third kappa shape index (κ3) is 5.22. The summed E-state index contributed by atoms with van der Waals surface area (Å²) in [6.07, 6.45) is 2.66. The van der Waals surface area contributed by atoms with Crippen molar-refractivity contribution in [3.8, 4) is 11.6 Å². The van der Waals surface area contributed by atoms with E-state index in [0.717, 1.165) is 0 Å². The number of rotatable bonds is 9. The summed E-state index contributed by atoms with van der Waals surface area (Å²) in [5.74, 6) is 0.117. The van der Waals surface area contributed by atoms with Crippen molar-refractivity contribution in [2.24, 2.45) is 34.6 Å². The van der Waals surface area contributed by atoms with Gasteiger partial charge in [0.25, 0.3) is 0 Å². The summed E-state index contributed by atoms with van der Waals surface area (Å²) >= 11 is 0. The van der Waals surface area contributed by atoms with Crippen molar-refractivity contribution >= 4 is 40.6 Å². The highest BCUT2D eigenvalue weighted by Gasteiger charge is 2.20. The number of hydrogen-bond donors (Lipinski definition) is 2. The number of Topliss-reactive ketones (excluding diaryl/α,β-unsaturated/α-hetero) is 1. The summed E-state index contributed by atoms with van der Waals surface area (Å²) < 4.78 is 10.5. The average Bonchev–Trinajstić information content (AvgIpc) is 3.74. The second-order valence-corrected chi connectivity index (χ2v) is 9.40. The Hall–Kier alpha value is -5.98. The molecule has 0 saturated heterocycles. The predicted octanol–water partition coefficient (Wildman–Crippen LogP) is 2.61. The molecule has 0 radical (unpaired) electrons. The standard InChI is InChI=1S/C25H27N15O4/c1-12-20(31-34-24-16(25(43)44-6)10-28-38(24)5)14(3)39(35-12)18-7-8-19(30-29-18)40-22(26)21(13(2)36-40)32-33-23-15(17(42)11-41)9-27-37(23)4/h7-10,41H,11,26H2,1-6H3/b33-32+,34-31+. The maximum Gasteiger partial charge on any atom is 0.343 e. The van der Waals surface area contributed by atoms with Gasteiger partial charge in [-0.1, -0.05) is 0 Å². The normalized spacial score (nSPS) is 11.7. The number of ether oxygens (including phenoxy) is 1. The van der Waals surface area contributed by atoms with E-state index in [-0.39, 0.29) is 34.3 Å². The summed E-state index contributed by atoms with van der Waals surface area (Å²) in [6, 6.07) is 3.33. The van der Waals surface area contributed by atoms with Crippen molar-refractivity contribution in [1.29, 1.82) is 0 Å². The highest BCUT2D eigenvalue weighted by molar-refractivity contribution is 6.00. The predicted molar refractivity (Wildman–Crippen MR) is 152 cm³/mol. The molecule has 19 heteroatoms. The monoisotopic (exact) mass is 601 g/mol. The number of methoxy groups -OCH3 is 1. The van der Waals surface area contributed by atoms with Gasteiger partial charge >= 0.3 is 5.97 Å². The van der Waals surface area contributed by atoms with Gasteiger partial charge in [0.15, 0.2) is 40.6 Å². The number of esters is 1. The summed E-state index contributed by atoms with van der Waals surface area (Å²) in [5.41, 5.74) is 9.02. The number of carbonyl (C=O) groups excluding carboxylic acids is 2. The highest BCUT2D eigenvalue weighted by atomic mass is 16.5. The summed E-state index contributed by atoms with van der Waals surface area (Å²) in [7, 11) is 4.50. The number of anilines is 1. The lowest BCUT2D eigenvalue weighted by Gasteiger charge is -2.05. The molecule has 0 unspecified atom stereocenters. The molecular weight excluding hydrogens is 574 g/mol. The van der Waals surface area contributed by atoms with Gasteiger partial charge in [-0.15, -0.1) is 30.7 Å². The number of nitrogens with two attached hydrogens (primary N) is 1. The van der Waals surface area contributed by atoms with E-state index in [4.69, 9.17) is 10.5 Å². The first-order valence-corrected chi connectivity index (χ1v) is 12.9. The SMILES string of the molecule is COC(=O)c1cnn(C)c1/N=N/c1c(C)nn(-c2ccc(-n3nc(C)c(/N=N/c4c(C(=O)CO)cnn4C)c3N)nn2)c1C. The van der Waals surface area contributed by atoms with E-state index < -0.39 is 18.4 Å². The smallest absolute Gasteiger partial charge is 0.343 e. The molecule has 5 aromatic heterocycles. The maximum atomic E-state index is 12.0. The summed E-state index contributed by atoms with van der Waals surface area (Å²) in [4.78, 5) is 24.0. The minimum absolute atomic E-state index is 0.125. The third-order valence-corrected chi connectivity index (χ3v) is 6.54. The van der Waals surface area contributed by atoms with Crippen LogP contribution in [0.25, 0.3) is 11.6 Å². The lowest BCUT2D eigenvalue weighted by atomic mass is 10.2. The van der Waals surface area contributed by atoms with Gasteiger partial charge in [-0.25, -0.2) is 18.8 Å². The van der Waals surface area contributed by atoms with Crippen molar-refractivity contribution in [2.75, 3.05) is 19.5 Å². The summed E-state index contributed by atoms with van der Waals surface area (Å²) in [5, 5.41) is 51.6. The molecule has 0 amide bonds. The number of aliphatic hydroxyl groups excluding tert-OH is 1. The molecule has 0 saturated carbocycles. The number of carbonyl (C=O) groups is 2. The Morgan fingerprint density at radius 1 is 0.841 bits per heavy atom. The van der Waals surface area contributed by atoms with E-state index in [1.807, 2.05) is 0 Å². The molecule has 0 aromatic carbocycles. The van der Waals surface area contributed by atoms with Crippen LogP contribution >= 0.6 is 0 Å². The van der Waals surface area contributed by atoms with Crippen LogP contribution in [0.1, 0.15) is 37.8 Å². The molecule has 44 heavy (non-hydrogen) atoms. The van der Waals surface area contributed by atoms with Crippen LogP contribution in [-0.4, -0.2) is 79.9 Å². The van der Waals surface area contributed by atoms with Crippen LogP contribution in [0.15, 0.2) is 45.0 Å². The molecule has 5 rings (SSSR count). The number of aliphatic hydroxyl groups is 1. The Morgan fingerprint density at radius 2 is 1.36 bits per heavy atom. The van der Waals surface area contributed by atoms with Crippen molar-refractivity contribution in [3.05, 3.63) is 52.7 Å². The Labute approximate surface area is 248 Å². The van der Waals surface area contributed by atoms with Crippen LogP contribution in [0.5, 0.6) is 0 Å². The Bertz CT molecular complexity index is 1800. The van der Waals surface area contributed by atoms with Gasteiger partial charge in [-0.3, -0.25) is 4.79 Å². The molecule has 0 fully saturated rings. The molecule has 5 heterocycles. The van der Waals surface area contributed by atoms with E-state index in [1.54, 1.807) is 51.7 Å². The lowest BCUT2D eigenvalue weighted by molar-refractivity contribution is 0.0601. The van der Waals surface area contributed by atoms with Gasteiger partial charge in [0, 0.05) is 14.1 Å². The number of aryl methyl sites for hydroxylation is 4. The second kappa shape index (κ2) is 11.7. The molecule has 0 spiro atoms. The van der Waals surface area contributed by atoms with Crippen LogP contribution in [-0.2, 0) is 18.8 Å². The molecule has 0 bridgehead atoms. The fourth-order valence-corrected chi connectivity index (χ4v) is 4.21. The molecule has 0 aliphatic rings. The molecule has 3 N–H and O–H groups in total. The van der Waals surface area contributed by atoms with Crippen LogP contribution in [0.4, 0.5) is 28.8 Å². The highest BCUT2D eigenvalue weighted by Crippen LogP contribution is 2.32.